The highest BCUT2D eigenvalue weighted by Gasteiger charge is 2.46. The Hall–Kier alpha value is -2.21. The van der Waals surface area contributed by atoms with Crippen molar-refractivity contribution in [3.05, 3.63) is 41.4 Å². The molecule has 5 nitrogen and oxygen atoms in total. The van der Waals surface area contributed by atoms with E-state index in [1.165, 1.54) is 11.3 Å². The molecule has 0 radical (unpaired) electrons. The van der Waals surface area contributed by atoms with Crippen LogP contribution in [0.1, 0.15) is 18.5 Å². The second kappa shape index (κ2) is 6.59. The van der Waals surface area contributed by atoms with E-state index in [1.54, 1.807) is 4.90 Å². The van der Waals surface area contributed by atoms with E-state index in [9.17, 15) is 14.7 Å². The number of rotatable bonds is 5. The van der Waals surface area contributed by atoms with Crippen LogP contribution < -0.4 is 0 Å². The van der Waals surface area contributed by atoms with Crippen LogP contribution in [0, 0.1) is 17.8 Å². The van der Waals surface area contributed by atoms with E-state index in [-0.39, 0.29) is 18.2 Å². The van der Waals surface area contributed by atoms with Gasteiger partial charge in [-0.3, -0.25) is 9.59 Å². The average molecular weight is 356 g/mol. The van der Waals surface area contributed by atoms with Crippen molar-refractivity contribution in [2.75, 3.05) is 13.1 Å². The zero-order valence-corrected chi connectivity index (χ0v) is 14.6. The van der Waals surface area contributed by atoms with Gasteiger partial charge in [0, 0.05) is 24.0 Å². The fraction of sp³-hybridized carbons (Fsp3) is 0.421. The van der Waals surface area contributed by atoms with Gasteiger partial charge in [0.1, 0.15) is 5.01 Å². The first kappa shape index (κ1) is 16.3. The van der Waals surface area contributed by atoms with Crippen LogP contribution in [0.3, 0.4) is 0 Å². The molecule has 2 aromatic rings. The Morgan fingerprint density at radius 2 is 1.96 bits per heavy atom. The molecule has 1 saturated heterocycles. The van der Waals surface area contributed by atoms with Crippen molar-refractivity contribution in [1.29, 1.82) is 0 Å². The molecule has 6 heteroatoms. The van der Waals surface area contributed by atoms with Crippen LogP contribution in [0.5, 0.6) is 0 Å². The second-order valence-corrected chi connectivity index (χ2v) is 7.79. The molecule has 1 aliphatic heterocycles. The van der Waals surface area contributed by atoms with Crippen LogP contribution in [0.4, 0.5) is 0 Å². The van der Waals surface area contributed by atoms with E-state index in [2.05, 4.69) is 4.98 Å². The molecule has 2 fully saturated rings. The van der Waals surface area contributed by atoms with Gasteiger partial charge in [0.15, 0.2) is 0 Å². The van der Waals surface area contributed by atoms with Gasteiger partial charge in [-0.15, -0.1) is 11.3 Å². The molecule has 1 aliphatic carbocycles. The van der Waals surface area contributed by atoms with Crippen LogP contribution in [0.15, 0.2) is 35.7 Å². The van der Waals surface area contributed by atoms with E-state index < -0.39 is 11.9 Å². The number of carboxylic acids is 1. The van der Waals surface area contributed by atoms with Crippen molar-refractivity contribution in [2.45, 2.75) is 19.3 Å². The molecule has 1 amide bonds. The summed E-state index contributed by atoms with van der Waals surface area (Å²) in [5.74, 6) is -0.585. The Labute approximate surface area is 150 Å². The summed E-state index contributed by atoms with van der Waals surface area (Å²) in [6, 6.07) is 9.90. The molecule has 2 aliphatic rings. The Morgan fingerprint density at radius 3 is 2.64 bits per heavy atom. The summed E-state index contributed by atoms with van der Waals surface area (Å²) in [4.78, 5) is 30.4. The predicted octanol–water partition coefficient (Wildman–Crippen LogP) is 2.92. The van der Waals surface area contributed by atoms with Gasteiger partial charge in [-0.25, -0.2) is 4.98 Å². The van der Waals surface area contributed by atoms with Crippen LogP contribution in [-0.2, 0) is 16.0 Å². The number of likely N-dealkylation sites (tertiary alicyclic amines) is 1. The van der Waals surface area contributed by atoms with E-state index in [0.29, 0.717) is 19.0 Å². The molecule has 1 aromatic heterocycles. The number of aliphatic carboxylic acids is 1. The number of carbonyl (C=O) groups is 2. The third-order valence-corrected chi connectivity index (χ3v) is 6.11. The lowest BCUT2D eigenvalue weighted by molar-refractivity contribution is -0.142. The fourth-order valence-corrected chi connectivity index (χ4v) is 4.49. The number of hydrogen-bond acceptors (Lipinski definition) is 4. The monoisotopic (exact) mass is 356 g/mol. The van der Waals surface area contributed by atoms with Gasteiger partial charge in [-0.1, -0.05) is 30.3 Å². The summed E-state index contributed by atoms with van der Waals surface area (Å²) >= 11 is 1.53. The van der Waals surface area contributed by atoms with Crippen LogP contribution >= 0.6 is 11.3 Å². The molecule has 1 aromatic carbocycles. The van der Waals surface area contributed by atoms with Gasteiger partial charge in [0.05, 0.1) is 18.0 Å². The number of amides is 1. The second-order valence-electron chi connectivity index (χ2n) is 6.93. The van der Waals surface area contributed by atoms with E-state index in [0.717, 1.165) is 29.1 Å². The maximum atomic E-state index is 12.6. The molecule has 25 heavy (non-hydrogen) atoms. The van der Waals surface area contributed by atoms with Gasteiger partial charge in [0.25, 0.3) is 0 Å². The lowest BCUT2D eigenvalue weighted by atomic mass is 9.92. The first-order chi connectivity index (χ1) is 12.1. The maximum absolute atomic E-state index is 12.6. The molecule has 4 rings (SSSR count). The third kappa shape index (κ3) is 3.44. The van der Waals surface area contributed by atoms with E-state index in [4.69, 9.17) is 0 Å². The number of aromatic nitrogens is 1. The third-order valence-electron chi connectivity index (χ3n) is 5.17. The largest absolute Gasteiger partial charge is 0.481 e. The van der Waals surface area contributed by atoms with Crippen molar-refractivity contribution in [3.8, 4) is 10.6 Å². The summed E-state index contributed by atoms with van der Waals surface area (Å²) in [5.41, 5.74) is 1.81. The molecule has 1 saturated carbocycles. The minimum atomic E-state index is -0.771. The molecule has 1 N–H and O–H groups in total. The molecular formula is C19H20N2O3S. The molecule has 2 heterocycles. The van der Waals surface area contributed by atoms with E-state index in [1.807, 2.05) is 35.7 Å². The van der Waals surface area contributed by atoms with Gasteiger partial charge < -0.3 is 10.0 Å². The normalized spacial score (nSPS) is 23.0. The van der Waals surface area contributed by atoms with Crippen LogP contribution in [-0.4, -0.2) is 40.0 Å². The number of hydrogen-bond donors (Lipinski definition) is 1. The first-order valence-electron chi connectivity index (χ1n) is 8.62. The molecule has 2 atom stereocenters. The van der Waals surface area contributed by atoms with Crippen molar-refractivity contribution in [3.63, 3.8) is 0 Å². The lowest BCUT2D eigenvalue weighted by Gasteiger charge is -2.15. The van der Waals surface area contributed by atoms with Crippen molar-refractivity contribution in [2.24, 2.45) is 17.8 Å². The van der Waals surface area contributed by atoms with Crippen molar-refractivity contribution >= 4 is 23.2 Å². The zero-order chi connectivity index (χ0) is 17.4. The maximum Gasteiger partial charge on any atom is 0.308 e. The highest BCUT2D eigenvalue weighted by atomic mass is 32.1. The standard InChI is InChI=1S/C19H20N2O3S/c22-17(21-9-15(12-6-7-12)16(10-21)19(23)24)8-14-11-25-18(20-14)13-4-2-1-3-5-13/h1-5,11-12,15-16H,6-10H2,(H,23,24)/t15-,16+/m1/s1. The predicted molar refractivity (Wildman–Crippen MR) is 95.2 cm³/mol. The van der Waals surface area contributed by atoms with Crippen molar-refractivity contribution in [1.82, 2.24) is 9.88 Å². The van der Waals surface area contributed by atoms with Crippen molar-refractivity contribution < 1.29 is 14.7 Å². The highest BCUT2D eigenvalue weighted by molar-refractivity contribution is 7.13. The molecule has 130 valence electrons. The Bertz CT molecular complexity index is 785. The van der Waals surface area contributed by atoms with E-state index >= 15 is 0 Å². The minimum absolute atomic E-state index is 0.0145. The van der Waals surface area contributed by atoms with Gasteiger partial charge in [-0.05, 0) is 24.7 Å². The average Bonchev–Trinajstić information content (AvgIpc) is 3.18. The topological polar surface area (TPSA) is 70.5 Å². The SMILES string of the molecule is O=C(O)[C@H]1CN(C(=O)Cc2csc(-c3ccccc3)n2)C[C@@H]1C1CC1. The Balaban J connectivity index is 1.42. The van der Waals surface area contributed by atoms with Gasteiger partial charge >= 0.3 is 5.97 Å². The molecule has 0 unspecified atom stereocenters. The van der Waals surface area contributed by atoms with Crippen LogP contribution in [0.25, 0.3) is 10.6 Å². The zero-order valence-electron chi connectivity index (χ0n) is 13.8. The Kier molecular flexibility index (Phi) is 4.29. The fourth-order valence-electron chi connectivity index (χ4n) is 3.66. The number of carboxylic acid groups (broad SMARTS) is 1. The number of thiazole rings is 1. The molecule has 0 spiro atoms. The number of carbonyl (C=O) groups excluding carboxylic acids is 1. The smallest absolute Gasteiger partial charge is 0.308 e. The minimum Gasteiger partial charge on any atom is -0.481 e. The molecule has 0 bridgehead atoms. The summed E-state index contributed by atoms with van der Waals surface area (Å²) in [6.07, 6.45) is 2.44. The number of benzene rings is 1. The summed E-state index contributed by atoms with van der Waals surface area (Å²) in [5, 5.41) is 12.3. The summed E-state index contributed by atoms with van der Waals surface area (Å²) < 4.78 is 0. The summed E-state index contributed by atoms with van der Waals surface area (Å²) in [6.45, 7) is 0.918. The lowest BCUT2D eigenvalue weighted by Crippen LogP contribution is -2.31. The Morgan fingerprint density at radius 1 is 1.20 bits per heavy atom. The van der Waals surface area contributed by atoms with Crippen LogP contribution in [0.2, 0.25) is 0 Å². The number of nitrogens with zero attached hydrogens (tertiary/aromatic N) is 2. The quantitative estimate of drug-likeness (QED) is 0.894. The first-order valence-corrected chi connectivity index (χ1v) is 9.50. The highest BCUT2D eigenvalue weighted by Crippen LogP contribution is 2.44. The molecular weight excluding hydrogens is 336 g/mol. The summed E-state index contributed by atoms with van der Waals surface area (Å²) in [7, 11) is 0. The van der Waals surface area contributed by atoms with Gasteiger partial charge in [0.2, 0.25) is 5.91 Å². The van der Waals surface area contributed by atoms with Gasteiger partial charge in [-0.2, -0.15) is 0 Å².